The number of nitrogens with one attached hydrogen (secondary N) is 1. The van der Waals surface area contributed by atoms with E-state index >= 15 is 0 Å². The van der Waals surface area contributed by atoms with E-state index in [4.69, 9.17) is 23.2 Å². The predicted molar refractivity (Wildman–Crippen MR) is 84.2 cm³/mol. The minimum atomic E-state index is -0.470. The third-order valence-corrected chi connectivity index (χ3v) is 4.21. The smallest absolute Gasteiger partial charge is 0.293 e. The molecule has 0 saturated heterocycles. The van der Waals surface area contributed by atoms with Crippen LogP contribution in [0.1, 0.15) is 12.5 Å². The van der Waals surface area contributed by atoms with Crippen molar-refractivity contribution < 1.29 is 4.92 Å². The molecule has 1 heterocycles. The summed E-state index contributed by atoms with van der Waals surface area (Å²) in [6.07, 6.45) is 0.779. The molecule has 0 amide bonds. The summed E-state index contributed by atoms with van der Waals surface area (Å²) in [5.74, 6) is 0. The minimum Gasteiger partial charge on any atom is -0.377 e. The van der Waals surface area contributed by atoms with Crippen molar-refractivity contribution in [3.8, 4) is 0 Å². The summed E-state index contributed by atoms with van der Waals surface area (Å²) >= 11 is 13.4. The van der Waals surface area contributed by atoms with Crippen molar-refractivity contribution in [2.24, 2.45) is 0 Å². The zero-order valence-electron chi connectivity index (χ0n) is 10.6. The topological polar surface area (TPSA) is 55.2 Å². The number of nitro benzene ring substituents is 1. The lowest BCUT2D eigenvalue weighted by molar-refractivity contribution is -0.384. The molecule has 0 spiro atoms. The van der Waals surface area contributed by atoms with Gasteiger partial charge in [0.25, 0.3) is 5.69 Å². The fourth-order valence-electron chi connectivity index (χ4n) is 1.88. The maximum absolute atomic E-state index is 11.0. The number of hydrogen-bond acceptors (Lipinski definition) is 4. The summed E-state index contributed by atoms with van der Waals surface area (Å²) in [5, 5.41) is 18.7. The molecule has 0 saturated carbocycles. The van der Waals surface area contributed by atoms with E-state index < -0.39 is 4.92 Å². The van der Waals surface area contributed by atoms with Gasteiger partial charge < -0.3 is 5.32 Å². The fraction of sp³-hybridized carbons (Fsp3) is 0.231. The standard InChI is InChI=1S/C13H12Cl2N2O2S/c1-8(4-9-2-3-20-7-9)16-12-5-10(14)11(15)6-13(12)17(18)19/h2-3,5-8,16H,4H2,1H3. The van der Waals surface area contributed by atoms with Crippen molar-refractivity contribution in [3.05, 3.63) is 54.7 Å². The van der Waals surface area contributed by atoms with Crippen LogP contribution < -0.4 is 5.32 Å². The summed E-state index contributed by atoms with van der Waals surface area (Å²) in [6.45, 7) is 1.96. The van der Waals surface area contributed by atoms with Crippen LogP contribution in [0.5, 0.6) is 0 Å². The molecule has 4 nitrogen and oxygen atoms in total. The Balaban J connectivity index is 2.19. The van der Waals surface area contributed by atoms with Crippen molar-refractivity contribution in [2.45, 2.75) is 19.4 Å². The predicted octanol–water partition coefficient (Wildman–Crippen LogP) is 5.01. The Morgan fingerprint density at radius 1 is 1.40 bits per heavy atom. The molecule has 0 bridgehead atoms. The molecule has 106 valence electrons. The van der Waals surface area contributed by atoms with Crippen molar-refractivity contribution >= 4 is 45.9 Å². The second kappa shape index (κ2) is 6.43. The lowest BCUT2D eigenvalue weighted by Gasteiger charge is -2.15. The zero-order valence-corrected chi connectivity index (χ0v) is 12.9. The van der Waals surface area contributed by atoms with Crippen LogP contribution in [-0.2, 0) is 6.42 Å². The van der Waals surface area contributed by atoms with E-state index in [1.807, 2.05) is 18.4 Å². The quantitative estimate of drug-likeness (QED) is 0.619. The Morgan fingerprint density at radius 2 is 2.10 bits per heavy atom. The molecule has 1 atom stereocenters. The first-order valence-corrected chi connectivity index (χ1v) is 7.58. The lowest BCUT2D eigenvalue weighted by Crippen LogP contribution is -2.18. The van der Waals surface area contributed by atoms with Crippen LogP contribution in [0.15, 0.2) is 29.0 Å². The van der Waals surface area contributed by atoms with Gasteiger partial charge in [-0.25, -0.2) is 0 Å². The number of thiophene rings is 1. The van der Waals surface area contributed by atoms with Gasteiger partial charge in [-0.05, 0) is 41.8 Å². The van der Waals surface area contributed by atoms with E-state index in [9.17, 15) is 10.1 Å². The normalized spacial score (nSPS) is 12.2. The zero-order chi connectivity index (χ0) is 14.7. The summed E-state index contributed by atoms with van der Waals surface area (Å²) in [7, 11) is 0. The molecule has 0 radical (unpaired) electrons. The van der Waals surface area contributed by atoms with Crippen LogP contribution in [-0.4, -0.2) is 11.0 Å². The largest absolute Gasteiger partial charge is 0.377 e. The number of nitro groups is 1. The van der Waals surface area contributed by atoms with Crippen LogP contribution in [0, 0.1) is 10.1 Å². The van der Waals surface area contributed by atoms with Crippen LogP contribution in [0.2, 0.25) is 10.0 Å². The van der Waals surface area contributed by atoms with E-state index in [-0.39, 0.29) is 16.8 Å². The SMILES string of the molecule is CC(Cc1ccsc1)Nc1cc(Cl)c(Cl)cc1[N+](=O)[O-]. The van der Waals surface area contributed by atoms with Gasteiger partial charge in [0.15, 0.2) is 0 Å². The van der Waals surface area contributed by atoms with E-state index in [1.54, 1.807) is 11.3 Å². The molecule has 2 rings (SSSR count). The molecule has 20 heavy (non-hydrogen) atoms. The number of halogens is 2. The molecule has 1 N–H and O–H groups in total. The minimum absolute atomic E-state index is 0.0422. The first-order valence-electron chi connectivity index (χ1n) is 5.88. The Hall–Kier alpha value is -1.30. The summed E-state index contributed by atoms with van der Waals surface area (Å²) in [5.41, 5.74) is 1.50. The van der Waals surface area contributed by atoms with Crippen LogP contribution in [0.3, 0.4) is 0 Å². The van der Waals surface area contributed by atoms with Crippen LogP contribution >= 0.6 is 34.5 Å². The molecule has 1 aromatic heterocycles. The summed E-state index contributed by atoms with van der Waals surface area (Å²) < 4.78 is 0. The second-order valence-electron chi connectivity index (χ2n) is 4.42. The van der Waals surface area contributed by atoms with Gasteiger partial charge in [-0.15, -0.1) is 0 Å². The van der Waals surface area contributed by atoms with Gasteiger partial charge in [0, 0.05) is 12.1 Å². The van der Waals surface area contributed by atoms with Gasteiger partial charge in [-0.1, -0.05) is 23.2 Å². The highest BCUT2D eigenvalue weighted by molar-refractivity contribution is 7.07. The maximum atomic E-state index is 11.0. The molecule has 2 aromatic rings. The number of nitrogens with zero attached hydrogens (tertiary/aromatic N) is 1. The molecular formula is C13H12Cl2N2O2S. The number of rotatable bonds is 5. The molecule has 1 unspecified atom stereocenters. The highest BCUT2D eigenvalue weighted by atomic mass is 35.5. The third kappa shape index (κ3) is 3.62. The average Bonchev–Trinajstić information content (AvgIpc) is 2.85. The number of anilines is 1. The lowest BCUT2D eigenvalue weighted by atomic mass is 10.1. The molecule has 0 fully saturated rings. The molecule has 0 aliphatic carbocycles. The van der Waals surface area contributed by atoms with Crippen molar-refractivity contribution in [2.75, 3.05) is 5.32 Å². The van der Waals surface area contributed by atoms with Gasteiger partial charge in [0.1, 0.15) is 5.69 Å². The van der Waals surface area contributed by atoms with E-state index in [0.717, 1.165) is 6.42 Å². The van der Waals surface area contributed by atoms with Crippen LogP contribution in [0.25, 0.3) is 0 Å². The highest BCUT2D eigenvalue weighted by Gasteiger charge is 2.18. The van der Waals surface area contributed by atoms with Crippen molar-refractivity contribution in [1.29, 1.82) is 0 Å². The van der Waals surface area contributed by atoms with Gasteiger partial charge in [0.2, 0.25) is 0 Å². The third-order valence-electron chi connectivity index (χ3n) is 2.76. The van der Waals surface area contributed by atoms with Gasteiger partial charge in [-0.3, -0.25) is 10.1 Å². The molecule has 7 heteroatoms. The van der Waals surface area contributed by atoms with E-state index in [0.29, 0.717) is 10.7 Å². The molecular weight excluding hydrogens is 319 g/mol. The average molecular weight is 331 g/mol. The Bertz CT molecular complexity index is 617. The molecule has 0 aliphatic rings. The van der Waals surface area contributed by atoms with E-state index in [1.165, 1.54) is 17.7 Å². The van der Waals surface area contributed by atoms with Gasteiger partial charge >= 0.3 is 0 Å². The van der Waals surface area contributed by atoms with Crippen molar-refractivity contribution in [1.82, 2.24) is 0 Å². The number of benzene rings is 1. The van der Waals surface area contributed by atoms with Gasteiger partial charge in [-0.2, -0.15) is 11.3 Å². The summed E-state index contributed by atoms with van der Waals surface area (Å²) in [4.78, 5) is 10.6. The first-order chi connectivity index (χ1) is 9.47. The Labute approximate surface area is 130 Å². The fourth-order valence-corrected chi connectivity index (χ4v) is 2.88. The number of hydrogen-bond donors (Lipinski definition) is 1. The maximum Gasteiger partial charge on any atom is 0.293 e. The first kappa shape index (κ1) is 15.1. The van der Waals surface area contributed by atoms with Gasteiger partial charge in [0.05, 0.1) is 15.0 Å². The monoisotopic (exact) mass is 330 g/mol. The Kier molecular flexibility index (Phi) is 4.86. The van der Waals surface area contributed by atoms with Crippen molar-refractivity contribution in [3.63, 3.8) is 0 Å². The molecule has 0 aliphatic heterocycles. The highest BCUT2D eigenvalue weighted by Crippen LogP contribution is 2.34. The van der Waals surface area contributed by atoms with Crippen LogP contribution in [0.4, 0.5) is 11.4 Å². The summed E-state index contributed by atoms with van der Waals surface area (Å²) in [6, 6.07) is 4.84. The molecule has 1 aromatic carbocycles. The Morgan fingerprint density at radius 3 is 2.70 bits per heavy atom. The van der Waals surface area contributed by atoms with E-state index in [2.05, 4.69) is 10.7 Å². The second-order valence-corrected chi connectivity index (χ2v) is 6.02.